The van der Waals surface area contributed by atoms with Crippen LogP contribution in [0.15, 0.2) is 24.4 Å². The number of piperidine rings is 1. The van der Waals surface area contributed by atoms with Crippen LogP contribution in [-0.4, -0.2) is 61.9 Å². The molecule has 1 aliphatic heterocycles. The SMILES string of the molecule is CC(C)N1CC(O)C(O)[C@@H](Nc2nc(C(F)(F)F)cc3cccn23)C1. The van der Waals surface area contributed by atoms with Crippen LogP contribution >= 0.6 is 0 Å². The van der Waals surface area contributed by atoms with Gasteiger partial charge in [0.25, 0.3) is 0 Å². The third kappa shape index (κ3) is 3.58. The standard InChI is InChI=1S/C16H21F3N4O2/c1-9(2)22-7-11(14(25)12(24)8-22)20-15-21-13(16(17,18)19)6-10-4-3-5-23(10)15/h3-6,9,11-12,14,24-25H,7-8H2,1-2H3,(H,20,21)/t11-,12?,14?/m0/s1. The number of halogens is 3. The van der Waals surface area contributed by atoms with Gasteiger partial charge in [-0.05, 0) is 32.0 Å². The number of fused-ring (bicyclic) bond motifs is 1. The first-order valence-corrected chi connectivity index (χ1v) is 8.09. The zero-order valence-corrected chi connectivity index (χ0v) is 13.9. The monoisotopic (exact) mass is 358 g/mol. The van der Waals surface area contributed by atoms with Gasteiger partial charge in [0.15, 0.2) is 0 Å². The van der Waals surface area contributed by atoms with Crippen molar-refractivity contribution >= 4 is 11.5 Å². The fourth-order valence-corrected chi connectivity index (χ4v) is 3.06. The lowest BCUT2D eigenvalue weighted by Crippen LogP contribution is -2.59. The van der Waals surface area contributed by atoms with Crippen LogP contribution in [-0.2, 0) is 6.18 Å². The fourth-order valence-electron chi connectivity index (χ4n) is 3.06. The molecule has 2 aromatic rings. The maximum Gasteiger partial charge on any atom is 0.433 e. The molecule has 0 saturated carbocycles. The summed E-state index contributed by atoms with van der Waals surface area (Å²) in [5.74, 6) is -0.0170. The van der Waals surface area contributed by atoms with Gasteiger partial charge < -0.3 is 15.5 Å². The highest BCUT2D eigenvalue weighted by atomic mass is 19.4. The average molecular weight is 358 g/mol. The van der Waals surface area contributed by atoms with Crippen LogP contribution in [0.1, 0.15) is 19.5 Å². The van der Waals surface area contributed by atoms with Crippen molar-refractivity contribution in [3.8, 4) is 0 Å². The molecule has 3 heterocycles. The highest BCUT2D eigenvalue weighted by Crippen LogP contribution is 2.30. The largest absolute Gasteiger partial charge is 0.433 e. The van der Waals surface area contributed by atoms with E-state index in [2.05, 4.69) is 10.3 Å². The van der Waals surface area contributed by atoms with Crippen molar-refractivity contribution < 1.29 is 23.4 Å². The normalized spacial score (nSPS) is 25.7. The first kappa shape index (κ1) is 18.0. The summed E-state index contributed by atoms with van der Waals surface area (Å²) < 4.78 is 40.8. The zero-order valence-electron chi connectivity index (χ0n) is 13.9. The van der Waals surface area contributed by atoms with Crippen molar-refractivity contribution in [2.45, 2.75) is 44.3 Å². The Balaban J connectivity index is 1.94. The van der Waals surface area contributed by atoms with Gasteiger partial charge in [-0.3, -0.25) is 9.30 Å². The van der Waals surface area contributed by atoms with Crippen LogP contribution in [0, 0.1) is 0 Å². The highest BCUT2D eigenvalue weighted by molar-refractivity contribution is 5.54. The van der Waals surface area contributed by atoms with Crippen LogP contribution < -0.4 is 5.32 Å². The number of nitrogens with zero attached hydrogens (tertiary/aromatic N) is 3. The Morgan fingerprint density at radius 3 is 2.64 bits per heavy atom. The minimum absolute atomic E-state index is 0.0170. The molecule has 0 bridgehead atoms. The Bertz CT molecular complexity index is 747. The molecule has 2 aromatic heterocycles. The van der Waals surface area contributed by atoms with Gasteiger partial charge in [-0.25, -0.2) is 4.98 Å². The smallest absolute Gasteiger partial charge is 0.389 e. The van der Waals surface area contributed by atoms with E-state index in [4.69, 9.17) is 0 Å². The predicted molar refractivity (Wildman–Crippen MR) is 86.3 cm³/mol. The molecule has 0 radical (unpaired) electrons. The number of hydrogen-bond donors (Lipinski definition) is 3. The van der Waals surface area contributed by atoms with Crippen molar-refractivity contribution in [1.29, 1.82) is 0 Å². The number of aromatic nitrogens is 2. The van der Waals surface area contributed by atoms with Gasteiger partial charge in [-0.15, -0.1) is 0 Å². The van der Waals surface area contributed by atoms with Crippen LogP contribution in [0.3, 0.4) is 0 Å². The van der Waals surface area contributed by atoms with E-state index in [1.165, 1.54) is 4.40 Å². The maximum atomic E-state index is 13.1. The van der Waals surface area contributed by atoms with Gasteiger partial charge in [-0.1, -0.05) is 0 Å². The minimum atomic E-state index is -4.57. The van der Waals surface area contributed by atoms with Crippen molar-refractivity contribution in [3.05, 3.63) is 30.1 Å². The van der Waals surface area contributed by atoms with E-state index in [1.54, 1.807) is 18.3 Å². The quantitative estimate of drug-likeness (QED) is 0.777. The molecule has 0 aromatic carbocycles. The topological polar surface area (TPSA) is 73.0 Å². The number of β-amino-alcohol motifs (C(OH)–C–C–N with tert-alkyl or cyclic N) is 1. The molecule has 9 heteroatoms. The molecule has 1 saturated heterocycles. The maximum absolute atomic E-state index is 13.1. The Morgan fingerprint density at radius 2 is 2.00 bits per heavy atom. The van der Waals surface area contributed by atoms with Crippen LogP contribution in [0.25, 0.3) is 5.52 Å². The number of hydrogen-bond acceptors (Lipinski definition) is 5. The van der Waals surface area contributed by atoms with E-state index >= 15 is 0 Å². The number of anilines is 1. The second-order valence-electron chi connectivity index (χ2n) is 6.62. The molecule has 3 rings (SSSR count). The number of rotatable bonds is 3. The molecule has 1 fully saturated rings. The summed E-state index contributed by atoms with van der Waals surface area (Å²) in [4.78, 5) is 5.64. The van der Waals surface area contributed by atoms with Gasteiger partial charge in [0.2, 0.25) is 5.95 Å². The Kier molecular flexibility index (Phi) is 4.65. The molecule has 6 nitrogen and oxygen atoms in total. The summed E-state index contributed by atoms with van der Waals surface area (Å²) in [6.07, 6.45) is -5.06. The molecule has 2 unspecified atom stereocenters. The molecule has 138 valence electrons. The summed E-state index contributed by atoms with van der Waals surface area (Å²) in [5, 5.41) is 23.2. The summed E-state index contributed by atoms with van der Waals surface area (Å²) in [5.41, 5.74) is -0.663. The van der Waals surface area contributed by atoms with E-state index in [0.717, 1.165) is 6.07 Å². The number of aliphatic hydroxyl groups is 2. The molecular formula is C16H21F3N4O2. The zero-order chi connectivity index (χ0) is 18.4. The van der Waals surface area contributed by atoms with Crippen molar-refractivity contribution in [1.82, 2.24) is 14.3 Å². The first-order chi connectivity index (χ1) is 11.7. The van der Waals surface area contributed by atoms with E-state index in [1.807, 2.05) is 18.7 Å². The van der Waals surface area contributed by atoms with E-state index in [9.17, 15) is 23.4 Å². The second-order valence-corrected chi connectivity index (χ2v) is 6.62. The lowest BCUT2D eigenvalue weighted by atomic mass is 9.98. The van der Waals surface area contributed by atoms with Gasteiger partial charge in [-0.2, -0.15) is 13.2 Å². The molecule has 0 spiro atoms. The molecular weight excluding hydrogens is 337 g/mol. The fraction of sp³-hybridized carbons (Fsp3) is 0.562. The Morgan fingerprint density at radius 1 is 1.28 bits per heavy atom. The van der Waals surface area contributed by atoms with Gasteiger partial charge in [0.05, 0.1) is 17.7 Å². The summed E-state index contributed by atoms with van der Waals surface area (Å²) in [7, 11) is 0. The molecule has 3 N–H and O–H groups in total. The van der Waals surface area contributed by atoms with Crippen molar-refractivity contribution in [2.24, 2.45) is 0 Å². The van der Waals surface area contributed by atoms with E-state index < -0.39 is 30.1 Å². The first-order valence-electron chi connectivity index (χ1n) is 8.09. The van der Waals surface area contributed by atoms with E-state index in [-0.39, 0.29) is 12.0 Å². The molecule has 1 aliphatic rings. The summed E-state index contributed by atoms with van der Waals surface area (Å²) in [6.45, 7) is 4.60. The van der Waals surface area contributed by atoms with Crippen molar-refractivity contribution in [3.63, 3.8) is 0 Å². The molecule has 25 heavy (non-hydrogen) atoms. The molecule has 0 aliphatic carbocycles. The van der Waals surface area contributed by atoms with Crippen LogP contribution in [0.2, 0.25) is 0 Å². The van der Waals surface area contributed by atoms with Gasteiger partial charge in [0.1, 0.15) is 11.8 Å². The third-order valence-corrected chi connectivity index (χ3v) is 4.51. The van der Waals surface area contributed by atoms with Crippen LogP contribution in [0.4, 0.5) is 19.1 Å². The van der Waals surface area contributed by atoms with E-state index in [0.29, 0.717) is 18.6 Å². The average Bonchev–Trinajstić information content (AvgIpc) is 2.99. The Labute approximate surface area is 142 Å². The van der Waals surface area contributed by atoms with Gasteiger partial charge >= 0.3 is 6.18 Å². The summed E-state index contributed by atoms with van der Waals surface area (Å²) >= 11 is 0. The number of alkyl halides is 3. The number of likely N-dealkylation sites (tertiary alicyclic amines) is 1. The molecule has 0 amide bonds. The highest BCUT2D eigenvalue weighted by Gasteiger charge is 2.37. The molecule has 3 atom stereocenters. The van der Waals surface area contributed by atoms with Crippen LogP contribution in [0.5, 0.6) is 0 Å². The second kappa shape index (κ2) is 6.47. The number of nitrogens with one attached hydrogen (secondary N) is 1. The lowest BCUT2D eigenvalue weighted by molar-refractivity contribution is -0.141. The lowest BCUT2D eigenvalue weighted by Gasteiger charge is -2.41. The summed E-state index contributed by atoms with van der Waals surface area (Å²) in [6, 6.07) is 3.63. The predicted octanol–water partition coefficient (Wildman–Crippen LogP) is 1.58. The third-order valence-electron chi connectivity index (χ3n) is 4.51. The van der Waals surface area contributed by atoms with Gasteiger partial charge in [0, 0.05) is 25.3 Å². The Hall–Kier alpha value is -1.84. The minimum Gasteiger partial charge on any atom is -0.389 e. The van der Waals surface area contributed by atoms with Crippen molar-refractivity contribution in [2.75, 3.05) is 18.4 Å². The number of aliphatic hydroxyl groups excluding tert-OH is 2.